The van der Waals surface area contributed by atoms with Gasteiger partial charge in [-0.3, -0.25) is 9.69 Å². The number of aromatic nitrogens is 3. The van der Waals surface area contributed by atoms with E-state index in [0.717, 1.165) is 17.5 Å². The highest BCUT2D eigenvalue weighted by molar-refractivity contribution is 8.26. The Kier molecular flexibility index (Phi) is 8.39. The zero-order valence-electron chi connectivity index (χ0n) is 23.6. The number of carbonyl (C=O) groups is 1. The molecule has 222 valence electrons. The van der Waals surface area contributed by atoms with Crippen LogP contribution in [0.3, 0.4) is 0 Å². The van der Waals surface area contributed by atoms with Crippen LogP contribution in [-0.4, -0.2) is 60.6 Å². The summed E-state index contributed by atoms with van der Waals surface area (Å²) in [6, 6.07) is 7.73. The molecule has 3 aromatic rings. The van der Waals surface area contributed by atoms with Gasteiger partial charge in [0.25, 0.3) is 5.91 Å². The van der Waals surface area contributed by atoms with Gasteiger partial charge in [0.1, 0.15) is 33.0 Å². The average Bonchev–Trinajstić information content (AvgIpc) is 3.83. The summed E-state index contributed by atoms with van der Waals surface area (Å²) in [5.41, 5.74) is 2.57. The van der Waals surface area contributed by atoms with Gasteiger partial charge in [0, 0.05) is 30.3 Å². The van der Waals surface area contributed by atoms with E-state index in [0.29, 0.717) is 74.9 Å². The Bertz CT molecular complexity index is 1510. The molecule has 12 heteroatoms. The van der Waals surface area contributed by atoms with Crippen LogP contribution in [-0.2, 0) is 31.0 Å². The molecule has 42 heavy (non-hydrogen) atoms. The summed E-state index contributed by atoms with van der Waals surface area (Å²) in [5, 5.41) is 27.2. The highest BCUT2D eigenvalue weighted by Gasteiger charge is 2.48. The van der Waals surface area contributed by atoms with Gasteiger partial charge in [0.05, 0.1) is 38.0 Å². The van der Waals surface area contributed by atoms with Crippen molar-refractivity contribution in [1.29, 1.82) is 0 Å². The molecule has 3 unspecified atom stereocenters. The molecular formula is C30H34N4O6S2. The smallest absolute Gasteiger partial charge is 0.266 e. The van der Waals surface area contributed by atoms with Crippen molar-refractivity contribution in [3.8, 4) is 22.8 Å². The van der Waals surface area contributed by atoms with Gasteiger partial charge in [-0.1, -0.05) is 35.6 Å². The maximum atomic E-state index is 13.7. The Morgan fingerprint density at radius 3 is 2.55 bits per heavy atom. The van der Waals surface area contributed by atoms with Crippen molar-refractivity contribution >= 4 is 40.3 Å². The van der Waals surface area contributed by atoms with Gasteiger partial charge in [0.2, 0.25) is 0 Å². The van der Waals surface area contributed by atoms with E-state index in [2.05, 4.69) is 10.3 Å². The van der Waals surface area contributed by atoms with E-state index < -0.39 is 0 Å². The molecule has 3 aliphatic rings. The predicted molar refractivity (Wildman–Crippen MR) is 162 cm³/mol. The maximum Gasteiger partial charge on any atom is 0.266 e. The second-order valence-electron chi connectivity index (χ2n) is 11.0. The van der Waals surface area contributed by atoms with Crippen LogP contribution < -0.4 is 9.47 Å². The number of methoxy groups -OCH3 is 2. The summed E-state index contributed by atoms with van der Waals surface area (Å²) in [6.07, 6.45) is 7.76. The third-order valence-corrected chi connectivity index (χ3v) is 9.96. The number of rotatable bonds is 11. The maximum absolute atomic E-state index is 13.7. The molecule has 2 N–H and O–H groups in total. The lowest BCUT2D eigenvalue weighted by atomic mass is 9.94. The fraction of sp³-hybridized carbons (Fsp3) is 0.467. The van der Waals surface area contributed by atoms with Crippen molar-refractivity contribution in [2.24, 2.45) is 11.8 Å². The number of aliphatic hydroxyl groups is 2. The van der Waals surface area contributed by atoms with E-state index >= 15 is 0 Å². The normalized spacial score (nSPS) is 22.6. The molecule has 2 aromatic heterocycles. The third kappa shape index (κ3) is 5.48. The minimum atomic E-state index is -0.282. The van der Waals surface area contributed by atoms with Crippen LogP contribution in [0.25, 0.3) is 17.4 Å². The summed E-state index contributed by atoms with van der Waals surface area (Å²) in [7, 11) is 3.20. The van der Waals surface area contributed by atoms with Crippen LogP contribution in [0, 0.1) is 11.8 Å². The molecule has 3 fully saturated rings. The number of hydrogen-bond acceptors (Lipinski definition) is 10. The van der Waals surface area contributed by atoms with E-state index in [9.17, 15) is 15.0 Å². The molecule has 0 radical (unpaired) electrons. The summed E-state index contributed by atoms with van der Waals surface area (Å²) in [4.78, 5) is 16.1. The lowest BCUT2D eigenvalue weighted by Gasteiger charge is -2.30. The van der Waals surface area contributed by atoms with Crippen molar-refractivity contribution in [3.63, 3.8) is 0 Å². The molecule has 1 aliphatic heterocycles. The molecule has 6 rings (SSSR count). The number of hydrogen-bond donors (Lipinski definition) is 2. The van der Waals surface area contributed by atoms with E-state index in [4.69, 9.17) is 26.1 Å². The molecule has 1 aromatic carbocycles. The Balaban J connectivity index is 1.29. The van der Waals surface area contributed by atoms with E-state index in [1.807, 2.05) is 29.2 Å². The molecule has 1 saturated heterocycles. The van der Waals surface area contributed by atoms with Crippen LogP contribution in [0.15, 0.2) is 33.6 Å². The first-order valence-electron chi connectivity index (χ1n) is 14.2. The number of ether oxygens (including phenoxy) is 2. The van der Waals surface area contributed by atoms with Crippen LogP contribution in [0.1, 0.15) is 54.8 Å². The van der Waals surface area contributed by atoms with Crippen LogP contribution >= 0.6 is 24.0 Å². The third-order valence-electron chi connectivity index (χ3n) is 8.63. The standard InChI is InChI=1S/C30H34N4O6S2/c1-38-21-10-20(11-22(13-21)39-2)26-12-19(4-3-7-33-25(16-36)23(15-35)31-32-33)27(40-26)14-28-29(37)34(30(41)42-28)24-9-17-5-6-18(24)8-17/h10-14,17-18,24,35-36H,3-9,15-16H2,1-2H3/b28-14-. The van der Waals surface area contributed by atoms with Crippen molar-refractivity contribution in [3.05, 3.63) is 51.9 Å². The number of thiocarbonyl (C=S) groups is 1. The molecule has 2 saturated carbocycles. The van der Waals surface area contributed by atoms with Crippen molar-refractivity contribution in [2.45, 2.75) is 64.3 Å². The molecule has 3 atom stereocenters. The zero-order chi connectivity index (χ0) is 29.4. The number of aliphatic hydroxyl groups excluding tert-OH is 2. The van der Waals surface area contributed by atoms with Gasteiger partial charge in [-0.25, -0.2) is 4.68 Å². The number of aryl methyl sites for hydroxylation is 2. The van der Waals surface area contributed by atoms with Crippen molar-refractivity contribution in [1.82, 2.24) is 19.9 Å². The average molecular weight is 611 g/mol. The molecule has 2 bridgehead atoms. The molecule has 10 nitrogen and oxygen atoms in total. The van der Waals surface area contributed by atoms with Crippen LogP contribution in [0.5, 0.6) is 11.5 Å². The van der Waals surface area contributed by atoms with Gasteiger partial charge < -0.3 is 24.1 Å². The molecule has 3 heterocycles. The van der Waals surface area contributed by atoms with Gasteiger partial charge in [-0.2, -0.15) is 0 Å². The first kappa shape index (κ1) is 28.9. The Hall–Kier alpha value is -3.19. The SMILES string of the molecule is COc1cc(OC)cc(-c2cc(CCCn3nnc(CO)c3CO)c(/C=C3\SC(=S)N(C4CC5CCC4C5)C3=O)o2)c1. The Morgan fingerprint density at radius 2 is 1.90 bits per heavy atom. The van der Waals surface area contributed by atoms with Gasteiger partial charge >= 0.3 is 0 Å². The summed E-state index contributed by atoms with van der Waals surface area (Å²) >= 11 is 7.05. The topological polar surface area (TPSA) is 123 Å². The Labute approximate surface area is 253 Å². The monoisotopic (exact) mass is 610 g/mol. The van der Waals surface area contributed by atoms with E-state index in [-0.39, 0.29) is 25.2 Å². The van der Waals surface area contributed by atoms with Crippen LogP contribution in [0.2, 0.25) is 0 Å². The number of amides is 1. The summed E-state index contributed by atoms with van der Waals surface area (Å²) in [6.45, 7) is -0.0518. The lowest BCUT2D eigenvalue weighted by molar-refractivity contribution is -0.124. The second-order valence-corrected chi connectivity index (χ2v) is 12.7. The quantitative estimate of drug-likeness (QED) is 0.236. The largest absolute Gasteiger partial charge is 0.497 e. The first-order valence-corrected chi connectivity index (χ1v) is 15.4. The first-order chi connectivity index (χ1) is 20.4. The molecule has 1 amide bonds. The Morgan fingerprint density at radius 1 is 1.12 bits per heavy atom. The number of nitrogens with zero attached hydrogens (tertiary/aromatic N) is 4. The number of thioether (sulfide) groups is 1. The fourth-order valence-corrected chi connectivity index (χ4v) is 7.87. The van der Waals surface area contributed by atoms with Crippen LogP contribution in [0.4, 0.5) is 0 Å². The predicted octanol–water partition coefficient (Wildman–Crippen LogP) is 4.56. The second kappa shape index (κ2) is 12.2. The van der Waals surface area contributed by atoms with E-state index in [1.54, 1.807) is 25.0 Å². The lowest BCUT2D eigenvalue weighted by Crippen LogP contribution is -2.41. The zero-order valence-corrected chi connectivity index (χ0v) is 25.2. The molecule has 2 aliphatic carbocycles. The van der Waals surface area contributed by atoms with Gasteiger partial charge in [0.15, 0.2) is 0 Å². The molecule has 0 spiro atoms. The fourth-order valence-electron chi connectivity index (χ4n) is 6.53. The highest BCUT2D eigenvalue weighted by atomic mass is 32.2. The van der Waals surface area contributed by atoms with Gasteiger partial charge in [-0.15, -0.1) is 5.10 Å². The van der Waals surface area contributed by atoms with Crippen molar-refractivity contribution < 1.29 is 28.9 Å². The van der Waals surface area contributed by atoms with E-state index in [1.165, 1.54) is 31.0 Å². The summed E-state index contributed by atoms with van der Waals surface area (Å²) < 4.78 is 19.6. The number of furan rings is 1. The minimum Gasteiger partial charge on any atom is -0.497 e. The number of benzene rings is 1. The number of fused-ring (bicyclic) bond motifs is 2. The van der Waals surface area contributed by atoms with Crippen molar-refractivity contribution in [2.75, 3.05) is 14.2 Å². The molecular weight excluding hydrogens is 576 g/mol. The minimum absolute atomic E-state index is 0.0405. The summed E-state index contributed by atoms with van der Waals surface area (Å²) in [5.74, 6) is 3.70. The van der Waals surface area contributed by atoms with Gasteiger partial charge in [-0.05, 0) is 67.7 Å². The number of carbonyl (C=O) groups excluding carboxylic acids is 1. The highest BCUT2D eigenvalue weighted by Crippen LogP contribution is 2.49.